The van der Waals surface area contributed by atoms with E-state index < -0.39 is 0 Å². The summed E-state index contributed by atoms with van der Waals surface area (Å²) in [6.07, 6.45) is 0. The lowest BCUT2D eigenvalue weighted by Crippen LogP contribution is -2.19. The van der Waals surface area contributed by atoms with Crippen LogP contribution < -0.4 is 5.32 Å². The highest BCUT2D eigenvalue weighted by Crippen LogP contribution is 2.29. The third-order valence-electron chi connectivity index (χ3n) is 2.49. The Hall–Kier alpha value is -0.820. The first-order valence-electron chi connectivity index (χ1n) is 5.99. The molecule has 0 aliphatic rings. The van der Waals surface area contributed by atoms with Gasteiger partial charge >= 0.3 is 0 Å². The first-order chi connectivity index (χ1) is 9.19. The molecule has 102 valence electrons. The molecule has 0 fully saturated rings. The minimum absolute atomic E-state index is 0.703. The van der Waals surface area contributed by atoms with E-state index in [0.717, 1.165) is 39.0 Å². The quantitative estimate of drug-likeness (QED) is 0.820. The van der Waals surface area contributed by atoms with Crippen LogP contribution in [0.25, 0.3) is 10.7 Å². The molecule has 19 heavy (non-hydrogen) atoms. The van der Waals surface area contributed by atoms with Gasteiger partial charge in [0, 0.05) is 25.9 Å². The minimum Gasteiger partial charge on any atom is -0.383 e. The van der Waals surface area contributed by atoms with Crippen LogP contribution in [-0.2, 0) is 11.3 Å². The average Bonchev–Trinajstić information content (AvgIpc) is 2.81. The van der Waals surface area contributed by atoms with E-state index in [-0.39, 0.29) is 0 Å². The Morgan fingerprint density at radius 3 is 2.89 bits per heavy atom. The van der Waals surface area contributed by atoms with Gasteiger partial charge in [0.25, 0.3) is 0 Å². The highest BCUT2D eigenvalue weighted by Gasteiger charge is 2.07. The molecule has 0 aliphatic heterocycles. The number of hydrogen-bond acceptors (Lipinski definition) is 5. The summed E-state index contributed by atoms with van der Waals surface area (Å²) in [4.78, 5) is 10.2. The van der Waals surface area contributed by atoms with E-state index in [1.54, 1.807) is 18.4 Å². The number of nitrogens with one attached hydrogen (secondary N) is 1. The second kappa shape index (κ2) is 7.09. The van der Waals surface area contributed by atoms with Gasteiger partial charge in [0.1, 0.15) is 0 Å². The largest absolute Gasteiger partial charge is 0.383 e. The summed E-state index contributed by atoms with van der Waals surface area (Å²) in [6.45, 7) is 4.24. The minimum atomic E-state index is 0.703. The van der Waals surface area contributed by atoms with Crippen molar-refractivity contribution >= 4 is 27.3 Å². The number of halogens is 1. The first-order valence-corrected chi connectivity index (χ1v) is 7.60. The van der Waals surface area contributed by atoms with Gasteiger partial charge in [0.2, 0.25) is 0 Å². The molecule has 2 heterocycles. The van der Waals surface area contributed by atoms with Crippen molar-refractivity contribution in [3.8, 4) is 10.7 Å². The van der Waals surface area contributed by atoms with Crippen LogP contribution in [0.2, 0.25) is 0 Å². The van der Waals surface area contributed by atoms with E-state index in [1.165, 1.54) is 0 Å². The van der Waals surface area contributed by atoms with Crippen LogP contribution >= 0.6 is 27.3 Å². The van der Waals surface area contributed by atoms with Gasteiger partial charge in [0.05, 0.1) is 21.0 Å². The van der Waals surface area contributed by atoms with Gasteiger partial charge in [0.15, 0.2) is 5.82 Å². The summed E-state index contributed by atoms with van der Waals surface area (Å²) in [5.41, 5.74) is 1.99. The highest BCUT2D eigenvalue weighted by molar-refractivity contribution is 9.11. The molecule has 4 nitrogen and oxygen atoms in total. The molecule has 0 saturated carbocycles. The lowest BCUT2D eigenvalue weighted by molar-refractivity contribution is 0.199. The van der Waals surface area contributed by atoms with Crippen molar-refractivity contribution < 1.29 is 4.74 Å². The summed E-state index contributed by atoms with van der Waals surface area (Å²) in [5, 5.41) is 3.29. The Morgan fingerprint density at radius 1 is 1.37 bits per heavy atom. The van der Waals surface area contributed by atoms with Crippen LogP contribution in [0.3, 0.4) is 0 Å². The summed E-state index contributed by atoms with van der Waals surface area (Å²) in [6, 6.07) is 6.06. The fourth-order valence-electron chi connectivity index (χ4n) is 1.66. The number of thiophene rings is 1. The van der Waals surface area contributed by atoms with Crippen molar-refractivity contribution in [2.75, 3.05) is 20.3 Å². The van der Waals surface area contributed by atoms with Crippen molar-refractivity contribution in [2.24, 2.45) is 0 Å². The maximum absolute atomic E-state index is 5.00. The fourth-order valence-corrected chi connectivity index (χ4v) is 2.98. The van der Waals surface area contributed by atoms with E-state index in [9.17, 15) is 0 Å². The Kier molecular flexibility index (Phi) is 5.45. The van der Waals surface area contributed by atoms with Crippen LogP contribution in [0.15, 0.2) is 22.0 Å². The molecule has 0 aliphatic carbocycles. The maximum Gasteiger partial charge on any atom is 0.169 e. The van der Waals surface area contributed by atoms with Crippen molar-refractivity contribution in [2.45, 2.75) is 13.5 Å². The average molecular weight is 342 g/mol. The third-order valence-corrected chi connectivity index (χ3v) is 4.11. The van der Waals surface area contributed by atoms with Crippen molar-refractivity contribution in [3.05, 3.63) is 33.4 Å². The molecule has 2 aromatic heterocycles. The van der Waals surface area contributed by atoms with Crippen molar-refractivity contribution in [3.63, 3.8) is 0 Å². The fraction of sp³-hybridized carbons (Fsp3) is 0.385. The SMILES string of the molecule is COCCNCc1cc(C)nc(-c2ccc(Br)s2)n1. The number of nitrogens with zero attached hydrogens (tertiary/aromatic N) is 2. The summed E-state index contributed by atoms with van der Waals surface area (Å²) >= 11 is 5.10. The topological polar surface area (TPSA) is 47.0 Å². The van der Waals surface area contributed by atoms with Crippen molar-refractivity contribution in [1.82, 2.24) is 15.3 Å². The summed E-state index contributed by atoms with van der Waals surface area (Å²) in [5.74, 6) is 0.791. The van der Waals surface area contributed by atoms with E-state index in [4.69, 9.17) is 4.74 Å². The van der Waals surface area contributed by atoms with E-state index in [0.29, 0.717) is 6.61 Å². The molecular weight excluding hydrogens is 326 g/mol. The molecule has 2 rings (SSSR count). The van der Waals surface area contributed by atoms with E-state index >= 15 is 0 Å². The standard InChI is InChI=1S/C13H16BrN3OS/c1-9-7-10(8-15-5-6-18-2)17-13(16-9)11-3-4-12(14)19-11/h3-4,7,15H,5-6,8H2,1-2H3. The van der Waals surface area contributed by atoms with Crippen LogP contribution in [0.1, 0.15) is 11.4 Å². The molecule has 0 bridgehead atoms. The Labute approximate surface area is 125 Å². The van der Waals surface area contributed by atoms with Gasteiger partial charge < -0.3 is 10.1 Å². The zero-order valence-corrected chi connectivity index (χ0v) is 13.3. The second-order valence-electron chi connectivity index (χ2n) is 4.10. The van der Waals surface area contributed by atoms with Crippen LogP contribution in [0.4, 0.5) is 0 Å². The number of rotatable bonds is 6. The smallest absolute Gasteiger partial charge is 0.169 e. The molecule has 0 aromatic carbocycles. The molecule has 0 unspecified atom stereocenters. The zero-order chi connectivity index (χ0) is 13.7. The van der Waals surface area contributed by atoms with Crippen LogP contribution in [-0.4, -0.2) is 30.2 Å². The number of methoxy groups -OCH3 is 1. The summed E-state index contributed by atoms with van der Waals surface area (Å²) < 4.78 is 6.09. The normalized spacial score (nSPS) is 10.9. The first kappa shape index (κ1) is 14.6. The second-order valence-corrected chi connectivity index (χ2v) is 6.56. The summed E-state index contributed by atoms with van der Waals surface area (Å²) in [7, 11) is 1.70. The van der Waals surface area contributed by atoms with Crippen LogP contribution in [0, 0.1) is 6.92 Å². The van der Waals surface area contributed by atoms with Gasteiger partial charge in [-0.15, -0.1) is 11.3 Å². The molecule has 1 N–H and O–H groups in total. The molecule has 0 radical (unpaired) electrons. The van der Waals surface area contributed by atoms with Gasteiger partial charge in [-0.1, -0.05) is 0 Å². The number of ether oxygens (including phenoxy) is 1. The zero-order valence-electron chi connectivity index (χ0n) is 10.9. The van der Waals surface area contributed by atoms with Gasteiger partial charge in [-0.05, 0) is 41.1 Å². The van der Waals surface area contributed by atoms with Gasteiger partial charge in [-0.3, -0.25) is 0 Å². The van der Waals surface area contributed by atoms with E-state index in [1.807, 2.05) is 25.1 Å². The highest BCUT2D eigenvalue weighted by atomic mass is 79.9. The Balaban J connectivity index is 2.11. The lowest BCUT2D eigenvalue weighted by Gasteiger charge is -2.06. The number of aryl methyl sites for hydroxylation is 1. The number of hydrogen-bond donors (Lipinski definition) is 1. The van der Waals surface area contributed by atoms with Gasteiger partial charge in [-0.25, -0.2) is 9.97 Å². The third kappa shape index (κ3) is 4.35. The predicted molar refractivity (Wildman–Crippen MR) is 81.4 cm³/mol. The predicted octanol–water partition coefficient (Wildman–Crippen LogP) is 3.01. The monoisotopic (exact) mass is 341 g/mol. The molecule has 0 amide bonds. The van der Waals surface area contributed by atoms with Gasteiger partial charge in [-0.2, -0.15) is 0 Å². The molecule has 0 saturated heterocycles. The molecule has 2 aromatic rings. The van der Waals surface area contributed by atoms with E-state index in [2.05, 4.69) is 31.2 Å². The van der Waals surface area contributed by atoms with Crippen molar-refractivity contribution in [1.29, 1.82) is 0 Å². The molecule has 0 atom stereocenters. The molecule has 6 heteroatoms. The maximum atomic E-state index is 5.00. The lowest BCUT2D eigenvalue weighted by atomic mass is 10.3. The Bertz CT molecular complexity index is 544. The number of aromatic nitrogens is 2. The Morgan fingerprint density at radius 2 is 2.21 bits per heavy atom. The molecular formula is C13H16BrN3OS. The van der Waals surface area contributed by atoms with Crippen LogP contribution in [0.5, 0.6) is 0 Å². The molecule has 0 spiro atoms.